The number of nitro groups is 1. The van der Waals surface area contributed by atoms with Crippen molar-refractivity contribution in [2.45, 2.75) is 6.54 Å². The Morgan fingerprint density at radius 3 is 2.89 bits per heavy atom. The molecule has 0 fully saturated rings. The Morgan fingerprint density at radius 2 is 2.28 bits per heavy atom. The summed E-state index contributed by atoms with van der Waals surface area (Å²) in [6, 6.07) is 0. The molecule has 94 valence electrons. The minimum atomic E-state index is -0.588. The molecule has 0 radical (unpaired) electrons. The predicted molar refractivity (Wildman–Crippen MR) is 67.9 cm³/mol. The highest BCUT2D eigenvalue weighted by Gasteiger charge is 2.24. The van der Waals surface area contributed by atoms with Crippen molar-refractivity contribution < 1.29 is 4.92 Å². The van der Waals surface area contributed by atoms with Gasteiger partial charge in [0.15, 0.2) is 0 Å². The molecule has 2 aromatic rings. The van der Waals surface area contributed by atoms with Gasteiger partial charge in [-0.2, -0.15) is 0 Å². The molecule has 9 heteroatoms. The first-order chi connectivity index (χ1) is 8.59. The molecule has 18 heavy (non-hydrogen) atoms. The molecule has 0 atom stereocenters. The van der Waals surface area contributed by atoms with E-state index in [9.17, 15) is 10.1 Å². The standard InChI is InChI=1S/C9H8ClN5O2S/c1-14(2-6-3-18-5-13-6)9-7(15(16)17)8(10)11-4-12-9/h3-5H,2H2,1H3. The third-order valence-electron chi connectivity index (χ3n) is 2.19. The second-order valence-electron chi connectivity index (χ2n) is 3.43. The molecular formula is C9H8ClN5O2S. The van der Waals surface area contributed by atoms with Gasteiger partial charge in [0.1, 0.15) is 6.33 Å². The summed E-state index contributed by atoms with van der Waals surface area (Å²) in [4.78, 5) is 23.6. The molecule has 0 N–H and O–H groups in total. The highest BCUT2D eigenvalue weighted by atomic mass is 35.5. The molecule has 2 aromatic heterocycles. The van der Waals surface area contributed by atoms with E-state index in [0.717, 1.165) is 5.69 Å². The molecule has 7 nitrogen and oxygen atoms in total. The Labute approximate surface area is 111 Å². The molecule has 0 unspecified atom stereocenters. The highest BCUT2D eigenvalue weighted by molar-refractivity contribution is 7.07. The molecule has 0 bridgehead atoms. The third kappa shape index (κ3) is 2.54. The van der Waals surface area contributed by atoms with Crippen LogP contribution in [0.2, 0.25) is 5.15 Å². The van der Waals surface area contributed by atoms with E-state index in [0.29, 0.717) is 6.54 Å². The number of anilines is 1. The second-order valence-corrected chi connectivity index (χ2v) is 4.51. The maximum Gasteiger partial charge on any atom is 0.348 e. The van der Waals surface area contributed by atoms with E-state index in [1.54, 1.807) is 17.5 Å². The topological polar surface area (TPSA) is 85.0 Å². The van der Waals surface area contributed by atoms with Crippen LogP contribution in [0.1, 0.15) is 5.69 Å². The summed E-state index contributed by atoms with van der Waals surface area (Å²) in [7, 11) is 1.69. The Bertz CT molecular complexity index is 562. The van der Waals surface area contributed by atoms with Crippen molar-refractivity contribution in [1.82, 2.24) is 15.0 Å². The van der Waals surface area contributed by atoms with Gasteiger partial charge in [-0.25, -0.2) is 15.0 Å². The molecule has 2 rings (SSSR count). The molecule has 0 aliphatic carbocycles. The lowest BCUT2D eigenvalue weighted by atomic mass is 10.4. The van der Waals surface area contributed by atoms with Gasteiger partial charge in [0.25, 0.3) is 0 Å². The number of hydrogen-bond acceptors (Lipinski definition) is 7. The van der Waals surface area contributed by atoms with E-state index < -0.39 is 4.92 Å². The van der Waals surface area contributed by atoms with Crippen LogP contribution in [0.3, 0.4) is 0 Å². The van der Waals surface area contributed by atoms with Crippen molar-refractivity contribution in [3.05, 3.63) is 38.2 Å². The van der Waals surface area contributed by atoms with Gasteiger partial charge in [0.2, 0.25) is 11.0 Å². The van der Waals surface area contributed by atoms with E-state index in [1.165, 1.54) is 17.7 Å². The van der Waals surface area contributed by atoms with Crippen LogP contribution in [0.5, 0.6) is 0 Å². The zero-order chi connectivity index (χ0) is 13.1. The summed E-state index contributed by atoms with van der Waals surface area (Å²) >= 11 is 7.18. The molecule has 0 spiro atoms. The monoisotopic (exact) mass is 285 g/mol. The van der Waals surface area contributed by atoms with E-state index in [4.69, 9.17) is 11.6 Å². The Morgan fingerprint density at radius 1 is 1.50 bits per heavy atom. The van der Waals surface area contributed by atoms with Crippen LogP contribution in [0.15, 0.2) is 17.2 Å². The lowest BCUT2D eigenvalue weighted by Crippen LogP contribution is -2.19. The summed E-state index contributed by atoms with van der Waals surface area (Å²) in [5.41, 5.74) is 2.22. The third-order valence-corrected chi connectivity index (χ3v) is 3.10. The number of aromatic nitrogens is 3. The number of thiazole rings is 1. The lowest BCUT2D eigenvalue weighted by Gasteiger charge is -2.16. The van der Waals surface area contributed by atoms with Crippen LogP contribution in [0.4, 0.5) is 11.5 Å². The molecule has 0 amide bonds. The highest BCUT2D eigenvalue weighted by Crippen LogP contribution is 2.31. The lowest BCUT2D eigenvalue weighted by molar-refractivity contribution is -0.384. The number of nitrogens with zero attached hydrogens (tertiary/aromatic N) is 5. The largest absolute Gasteiger partial charge is 0.348 e. The Hall–Kier alpha value is -1.80. The van der Waals surface area contributed by atoms with Crippen molar-refractivity contribution in [3.63, 3.8) is 0 Å². The molecule has 2 heterocycles. The smallest absolute Gasteiger partial charge is 0.348 e. The Balaban J connectivity index is 2.32. The van der Waals surface area contributed by atoms with Crippen LogP contribution in [0, 0.1) is 10.1 Å². The fourth-order valence-electron chi connectivity index (χ4n) is 1.42. The minimum absolute atomic E-state index is 0.171. The van der Waals surface area contributed by atoms with Crippen molar-refractivity contribution in [2.24, 2.45) is 0 Å². The maximum absolute atomic E-state index is 11.0. The van der Waals surface area contributed by atoms with Gasteiger partial charge >= 0.3 is 5.69 Å². The fourth-order valence-corrected chi connectivity index (χ4v) is 2.17. The van der Waals surface area contributed by atoms with Gasteiger partial charge in [-0.15, -0.1) is 11.3 Å². The fraction of sp³-hybridized carbons (Fsp3) is 0.222. The van der Waals surface area contributed by atoms with Gasteiger partial charge in [-0.1, -0.05) is 11.6 Å². The van der Waals surface area contributed by atoms with E-state index in [-0.39, 0.29) is 16.7 Å². The average Bonchev–Trinajstić information content (AvgIpc) is 2.80. The number of halogens is 1. The Kier molecular flexibility index (Phi) is 3.68. The van der Waals surface area contributed by atoms with Crippen LogP contribution in [0.25, 0.3) is 0 Å². The minimum Gasteiger partial charge on any atom is -0.348 e. The average molecular weight is 286 g/mol. The van der Waals surface area contributed by atoms with Crippen LogP contribution < -0.4 is 4.90 Å². The van der Waals surface area contributed by atoms with Gasteiger partial charge in [-0.05, 0) is 0 Å². The summed E-state index contributed by atoms with van der Waals surface area (Å²) in [6.45, 7) is 0.414. The van der Waals surface area contributed by atoms with Gasteiger partial charge in [0.05, 0.1) is 22.7 Å². The number of rotatable bonds is 4. The first-order valence-electron chi connectivity index (χ1n) is 4.82. The van der Waals surface area contributed by atoms with Crippen LogP contribution in [-0.2, 0) is 6.54 Å². The first-order valence-corrected chi connectivity index (χ1v) is 6.14. The molecular weight excluding hydrogens is 278 g/mol. The van der Waals surface area contributed by atoms with E-state index in [1.807, 2.05) is 5.38 Å². The quantitative estimate of drug-likeness (QED) is 0.486. The van der Waals surface area contributed by atoms with E-state index >= 15 is 0 Å². The summed E-state index contributed by atoms with van der Waals surface area (Å²) in [6.07, 6.45) is 1.20. The van der Waals surface area contributed by atoms with Crippen molar-refractivity contribution >= 4 is 34.4 Å². The van der Waals surface area contributed by atoms with Crippen molar-refractivity contribution in [2.75, 3.05) is 11.9 Å². The van der Waals surface area contributed by atoms with Gasteiger partial charge in [-0.3, -0.25) is 10.1 Å². The van der Waals surface area contributed by atoms with Gasteiger partial charge < -0.3 is 4.90 Å². The first kappa shape index (κ1) is 12.7. The molecule has 0 saturated carbocycles. The van der Waals surface area contributed by atoms with Crippen LogP contribution in [-0.4, -0.2) is 26.9 Å². The van der Waals surface area contributed by atoms with Crippen molar-refractivity contribution in [3.8, 4) is 0 Å². The molecule has 0 saturated heterocycles. The second kappa shape index (κ2) is 5.23. The van der Waals surface area contributed by atoms with E-state index in [2.05, 4.69) is 15.0 Å². The number of hydrogen-bond donors (Lipinski definition) is 0. The molecule has 0 aliphatic rings. The molecule has 0 aliphatic heterocycles. The zero-order valence-electron chi connectivity index (χ0n) is 9.28. The maximum atomic E-state index is 11.0. The SMILES string of the molecule is CN(Cc1cscn1)c1ncnc(Cl)c1[N+](=O)[O-]. The predicted octanol–water partition coefficient (Wildman–Crippen LogP) is 2.13. The van der Waals surface area contributed by atoms with Gasteiger partial charge in [0, 0.05) is 12.4 Å². The summed E-state index contributed by atoms with van der Waals surface area (Å²) < 4.78 is 0. The zero-order valence-corrected chi connectivity index (χ0v) is 10.9. The summed E-state index contributed by atoms with van der Waals surface area (Å²) in [5, 5.41) is 12.6. The van der Waals surface area contributed by atoms with Crippen LogP contribution >= 0.6 is 22.9 Å². The van der Waals surface area contributed by atoms with Crippen molar-refractivity contribution in [1.29, 1.82) is 0 Å². The summed E-state index contributed by atoms with van der Waals surface area (Å²) in [5.74, 6) is 0.174. The molecule has 0 aromatic carbocycles. The normalized spacial score (nSPS) is 10.3.